The van der Waals surface area contributed by atoms with Crippen molar-refractivity contribution in [3.05, 3.63) is 56.9 Å². The fraction of sp³-hybridized carbons (Fsp3) is 0.304. The smallest absolute Gasteiger partial charge is 0.343 e. The Kier molecular flexibility index (Phi) is 4.35. The molecule has 32 heavy (non-hydrogen) atoms. The minimum absolute atomic E-state index is 0.0268. The van der Waals surface area contributed by atoms with Gasteiger partial charge in [0.25, 0.3) is 5.56 Å². The van der Waals surface area contributed by atoms with Crippen molar-refractivity contribution in [3.63, 3.8) is 0 Å². The van der Waals surface area contributed by atoms with Gasteiger partial charge >= 0.3 is 11.9 Å². The second-order valence-electron chi connectivity index (χ2n) is 8.13. The molecule has 2 aliphatic rings. The molecule has 0 bridgehead atoms. The molecule has 0 saturated carbocycles. The monoisotopic (exact) mass is 436 g/mol. The van der Waals surface area contributed by atoms with E-state index in [0.29, 0.717) is 33.4 Å². The van der Waals surface area contributed by atoms with Crippen molar-refractivity contribution in [3.8, 4) is 17.1 Å². The number of rotatable bonds is 4. The summed E-state index contributed by atoms with van der Waals surface area (Å²) in [5.41, 5.74) is 0.967. The molecule has 0 amide bonds. The quantitative estimate of drug-likeness (QED) is 0.412. The highest BCUT2D eigenvalue weighted by molar-refractivity contribution is 5.90. The predicted octanol–water partition coefficient (Wildman–Crippen LogP) is 1.80. The summed E-state index contributed by atoms with van der Waals surface area (Å²) in [6.07, 6.45) is 0.141. The number of phenols is 1. The number of aromatic nitrogens is 2. The van der Waals surface area contributed by atoms with Crippen molar-refractivity contribution in [2.75, 3.05) is 0 Å². The Labute approximate surface area is 181 Å². The van der Waals surface area contributed by atoms with Crippen LogP contribution < -0.4 is 5.56 Å². The average molecular weight is 436 g/mol. The molecule has 2 aromatic heterocycles. The van der Waals surface area contributed by atoms with Crippen LogP contribution in [-0.4, -0.2) is 36.8 Å². The molecule has 2 aliphatic heterocycles. The van der Waals surface area contributed by atoms with Crippen LogP contribution in [0, 0.1) is 0 Å². The molecule has 4 heterocycles. The minimum Gasteiger partial charge on any atom is -0.507 e. The fourth-order valence-electron chi connectivity index (χ4n) is 4.53. The predicted molar refractivity (Wildman–Crippen MR) is 112 cm³/mol. The molecule has 9 nitrogen and oxygen atoms in total. The number of cyclic esters (lactones) is 1. The first-order valence-electron chi connectivity index (χ1n) is 10.3. The van der Waals surface area contributed by atoms with Crippen molar-refractivity contribution >= 4 is 22.8 Å². The maximum absolute atomic E-state index is 13.2. The van der Waals surface area contributed by atoms with Crippen LogP contribution in [-0.2, 0) is 39.5 Å². The van der Waals surface area contributed by atoms with Gasteiger partial charge in [-0.15, -0.1) is 0 Å². The number of hydrogen-bond acceptors (Lipinski definition) is 7. The first-order chi connectivity index (χ1) is 15.2. The second kappa shape index (κ2) is 6.89. The Hall–Kier alpha value is -3.72. The van der Waals surface area contributed by atoms with Gasteiger partial charge in [0.15, 0.2) is 5.60 Å². The second-order valence-corrected chi connectivity index (χ2v) is 8.13. The third-order valence-electron chi connectivity index (χ3n) is 6.35. The lowest BCUT2D eigenvalue weighted by atomic mass is 9.86. The molecule has 0 fully saturated rings. The molecular formula is C23H20N2O7. The van der Waals surface area contributed by atoms with Gasteiger partial charge in [0.1, 0.15) is 12.4 Å². The Bertz CT molecular complexity index is 1390. The van der Waals surface area contributed by atoms with E-state index in [1.165, 1.54) is 4.57 Å². The number of nitrogens with zero attached hydrogens (tertiary/aromatic N) is 2. The van der Waals surface area contributed by atoms with Crippen molar-refractivity contribution < 1.29 is 29.6 Å². The van der Waals surface area contributed by atoms with E-state index in [1.807, 2.05) is 0 Å². The number of aliphatic carboxylic acids is 1. The van der Waals surface area contributed by atoms with Gasteiger partial charge in [0.2, 0.25) is 0 Å². The summed E-state index contributed by atoms with van der Waals surface area (Å²) < 4.78 is 6.59. The summed E-state index contributed by atoms with van der Waals surface area (Å²) in [6.45, 7) is 1.66. The van der Waals surface area contributed by atoms with Gasteiger partial charge in [-0.2, -0.15) is 0 Å². The SMILES string of the molecule is CC[C@@]1(O)C(=O)OCc2c1cc1n(c2=O)Cc2cc3c(O)c(CCC(=O)O)ccc3nc2-1. The number of carbonyl (C=O) groups is 2. The van der Waals surface area contributed by atoms with Crippen LogP contribution in [0.3, 0.4) is 0 Å². The van der Waals surface area contributed by atoms with Gasteiger partial charge in [-0.1, -0.05) is 13.0 Å². The molecule has 1 aromatic carbocycles. The van der Waals surface area contributed by atoms with Crippen molar-refractivity contribution in [2.45, 2.75) is 44.9 Å². The largest absolute Gasteiger partial charge is 0.507 e. The van der Waals surface area contributed by atoms with E-state index in [4.69, 9.17) is 9.84 Å². The van der Waals surface area contributed by atoms with Crippen molar-refractivity contribution in [1.29, 1.82) is 0 Å². The minimum atomic E-state index is -1.89. The third kappa shape index (κ3) is 2.74. The van der Waals surface area contributed by atoms with E-state index in [1.54, 1.807) is 31.2 Å². The standard InChI is InChI=1S/C23H20N2O7/c1-2-23(31)15-8-17-19-12(9-25(17)21(29)14(15)10-32-22(23)30)7-13-16(24-19)5-3-11(20(13)28)4-6-18(26)27/h3,5,7-8,28,31H,2,4,6,9-10H2,1H3,(H,26,27)/t23-/m0/s1. The van der Waals surface area contributed by atoms with Crippen LogP contribution in [0.2, 0.25) is 0 Å². The first kappa shape index (κ1) is 20.2. The van der Waals surface area contributed by atoms with Crippen LogP contribution in [0.5, 0.6) is 5.75 Å². The Morgan fingerprint density at radius 3 is 2.78 bits per heavy atom. The zero-order valence-electron chi connectivity index (χ0n) is 17.2. The lowest BCUT2D eigenvalue weighted by Gasteiger charge is -2.31. The summed E-state index contributed by atoms with van der Waals surface area (Å²) in [7, 11) is 0. The van der Waals surface area contributed by atoms with Gasteiger partial charge in [-0.05, 0) is 36.6 Å². The number of aryl methyl sites for hydroxylation is 1. The number of carbonyl (C=O) groups excluding carboxylic acids is 1. The van der Waals surface area contributed by atoms with Gasteiger partial charge in [0.05, 0.1) is 29.0 Å². The van der Waals surface area contributed by atoms with Gasteiger partial charge < -0.3 is 24.6 Å². The number of aliphatic hydroxyl groups is 1. The van der Waals surface area contributed by atoms with Crippen LogP contribution in [0.15, 0.2) is 29.1 Å². The topological polar surface area (TPSA) is 139 Å². The number of fused-ring (bicyclic) bond motifs is 5. The first-order valence-corrected chi connectivity index (χ1v) is 10.3. The van der Waals surface area contributed by atoms with Crippen LogP contribution in [0.1, 0.15) is 42.0 Å². The number of hydrogen-bond donors (Lipinski definition) is 3. The number of esters is 1. The lowest BCUT2D eigenvalue weighted by molar-refractivity contribution is -0.172. The summed E-state index contributed by atoms with van der Waals surface area (Å²) in [5, 5.41) is 31.0. The normalized spacial score (nSPS) is 18.8. The van der Waals surface area contributed by atoms with E-state index >= 15 is 0 Å². The van der Waals surface area contributed by atoms with Crippen molar-refractivity contribution in [1.82, 2.24) is 9.55 Å². The molecule has 164 valence electrons. The molecule has 9 heteroatoms. The molecule has 5 rings (SSSR count). The zero-order chi connectivity index (χ0) is 22.8. The molecule has 0 spiro atoms. The van der Waals surface area contributed by atoms with Crippen LogP contribution in [0.25, 0.3) is 22.3 Å². The number of aromatic hydroxyl groups is 1. The van der Waals surface area contributed by atoms with Gasteiger partial charge in [-0.3, -0.25) is 9.59 Å². The lowest BCUT2D eigenvalue weighted by Crippen LogP contribution is -2.44. The Balaban J connectivity index is 1.67. The number of phenolic OH excluding ortho intramolecular Hbond substituents is 1. The molecule has 3 aromatic rings. The highest BCUT2D eigenvalue weighted by Crippen LogP contribution is 2.40. The molecule has 0 aliphatic carbocycles. The van der Waals surface area contributed by atoms with Crippen LogP contribution in [0.4, 0.5) is 0 Å². The van der Waals surface area contributed by atoms with E-state index in [9.17, 15) is 24.6 Å². The fourth-order valence-corrected chi connectivity index (χ4v) is 4.53. The van der Waals surface area contributed by atoms with E-state index in [-0.39, 0.29) is 54.8 Å². The summed E-state index contributed by atoms with van der Waals surface area (Å²) in [4.78, 5) is 40.9. The Morgan fingerprint density at radius 1 is 1.28 bits per heavy atom. The molecule has 3 N–H and O–H groups in total. The van der Waals surface area contributed by atoms with E-state index < -0.39 is 17.5 Å². The van der Waals surface area contributed by atoms with Crippen molar-refractivity contribution in [2.24, 2.45) is 0 Å². The summed E-state index contributed by atoms with van der Waals surface area (Å²) in [6, 6.07) is 6.72. The molecule has 0 radical (unpaired) electrons. The highest BCUT2D eigenvalue weighted by Gasteiger charge is 2.45. The number of carboxylic acid groups (broad SMARTS) is 1. The molecular weight excluding hydrogens is 416 g/mol. The number of carboxylic acids is 1. The number of ether oxygens (including phenoxy) is 1. The summed E-state index contributed by atoms with van der Waals surface area (Å²) in [5.74, 6) is -1.76. The highest BCUT2D eigenvalue weighted by atomic mass is 16.6. The summed E-state index contributed by atoms with van der Waals surface area (Å²) >= 11 is 0. The van der Waals surface area contributed by atoms with Gasteiger partial charge in [-0.25, -0.2) is 9.78 Å². The van der Waals surface area contributed by atoms with E-state index in [2.05, 4.69) is 4.98 Å². The van der Waals surface area contributed by atoms with Crippen LogP contribution >= 0.6 is 0 Å². The zero-order valence-corrected chi connectivity index (χ0v) is 17.2. The maximum atomic E-state index is 13.2. The number of pyridine rings is 2. The molecule has 0 saturated heterocycles. The maximum Gasteiger partial charge on any atom is 0.343 e. The molecule has 0 unspecified atom stereocenters. The molecule has 1 atom stereocenters. The average Bonchev–Trinajstić information content (AvgIpc) is 3.13. The number of benzene rings is 1. The van der Waals surface area contributed by atoms with E-state index in [0.717, 1.165) is 0 Å². The Morgan fingerprint density at radius 2 is 2.06 bits per heavy atom. The van der Waals surface area contributed by atoms with Gasteiger partial charge in [0, 0.05) is 22.9 Å². The third-order valence-corrected chi connectivity index (χ3v) is 6.35.